The molecule has 0 spiro atoms. The van der Waals surface area contributed by atoms with E-state index in [2.05, 4.69) is 22.2 Å². The van der Waals surface area contributed by atoms with E-state index in [0.717, 1.165) is 38.0 Å². The number of fused-ring (bicyclic) bond motifs is 1. The van der Waals surface area contributed by atoms with Crippen molar-refractivity contribution in [3.63, 3.8) is 0 Å². The van der Waals surface area contributed by atoms with Crippen molar-refractivity contribution in [2.75, 3.05) is 11.9 Å². The molecule has 0 aromatic carbocycles. The first kappa shape index (κ1) is 12.6. The second-order valence-corrected chi connectivity index (χ2v) is 5.24. The molecule has 4 heteroatoms. The molecule has 0 radical (unpaired) electrons. The fourth-order valence-corrected chi connectivity index (χ4v) is 2.59. The fourth-order valence-electron chi connectivity index (χ4n) is 2.30. The predicted molar refractivity (Wildman–Crippen MR) is 71.7 cm³/mol. The van der Waals surface area contributed by atoms with Crippen LogP contribution in [-0.2, 0) is 12.8 Å². The van der Waals surface area contributed by atoms with Crippen LogP contribution < -0.4 is 5.32 Å². The summed E-state index contributed by atoms with van der Waals surface area (Å²) in [6, 6.07) is 0. The van der Waals surface area contributed by atoms with E-state index >= 15 is 0 Å². The molecule has 0 saturated heterocycles. The molecule has 17 heavy (non-hydrogen) atoms. The lowest BCUT2D eigenvalue weighted by Gasteiger charge is -2.19. The highest BCUT2D eigenvalue weighted by atomic mass is 35.5. The number of aryl methyl sites for hydroxylation is 1. The summed E-state index contributed by atoms with van der Waals surface area (Å²) < 4.78 is 0. The van der Waals surface area contributed by atoms with Gasteiger partial charge in [0.2, 0.25) is 0 Å². The Hall–Kier alpha value is -0.830. The van der Waals surface area contributed by atoms with E-state index in [0.29, 0.717) is 0 Å². The molecule has 0 amide bonds. The second-order valence-electron chi connectivity index (χ2n) is 4.62. The number of aromatic nitrogens is 2. The number of hydrogen-bond donors (Lipinski definition) is 1. The lowest BCUT2D eigenvalue weighted by molar-refractivity contribution is 0.662. The minimum Gasteiger partial charge on any atom is -0.368 e. The summed E-state index contributed by atoms with van der Waals surface area (Å²) in [4.78, 5) is 8.70. The maximum absolute atomic E-state index is 6.21. The largest absolute Gasteiger partial charge is 0.368 e. The average Bonchev–Trinajstić information content (AvgIpc) is 2.36. The van der Waals surface area contributed by atoms with Crippen LogP contribution in [0.1, 0.15) is 43.9 Å². The van der Waals surface area contributed by atoms with Crippen molar-refractivity contribution in [1.29, 1.82) is 0 Å². The normalized spacial score (nSPS) is 16.4. The van der Waals surface area contributed by atoms with E-state index in [1.54, 1.807) is 6.33 Å². The monoisotopic (exact) mass is 253 g/mol. The van der Waals surface area contributed by atoms with Gasteiger partial charge in [0.25, 0.3) is 0 Å². The van der Waals surface area contributed by atoms with Crippen LogP contribution >= 0.6 is 11.6 Å². The summed E-state index contributed by atoms with van der Waals surface area (Å²) in [6.45, 7) is 2.95. The van der Waals surface area contributed by atoms with E-state index in [1.807, 2.05) is 0 Å². The van der Waals surface area contributed by atoms with Crippen molar-refractivity contribution in [3.05, 3.63) is 17.6 Å². The molecular formula is C13H20ClN3. The van der Waals surface area contributed by atoms with Gasteiger partial charge in [-0.2, -0.15) is 0 Å². The van der Waals surface area contributed by atoms with Crippen molar-refractivity contribution in [1.82, 2.24) is 9.97 Å². The molecule has 1 unspecified atom stereocenters. The van der Waals surface area contributed by atoms with Gasteiger partial charge >= 0.3 is 0 Å². The summed E-state index contributed by atoms with van der Waals surface area (Å²) in [6.07, 6.45) is 8.51. The molecule has 1 aromatic heterocycles. The first-order chi connectivity index (χ1) is 8.31. The SMILES string of the molecule is CCCC(Cl)CNc1ncnc2c1CCCC2. The minimum atomic E-state index is 0.189. The number of rotatable bonds is 5. The van der Waals surface area contributed by atoms with Crippen molar-refractivity contribution in [2.24, 2.45) is 0 Å². The van der Waals surface area contributed by atoms with Crippen molar-refractivity contribution >= 4 is 17.4 Å². The van der Waals surface area contributed by atoms with Gasteiger partial charge in [-0.25, -0.2) is 9.97 Å². The van der Waals surface area contributed by atoms with Gasteiger partial charge in [0, 0.05) is 17.8 Å². The molecule has 1 heterocycles. The Morgan fingerprint density at radius 2 is 2.18 bits per heavy atom. The van der Waals surface area contributed by atoms with Gasteiger partial charge in [-0.3, -0.25) is 0 Å². The Morgan fingerprint density at radius 3 is 3.00 bits per heavy atom. The summed E-state index contributed by atoms with van der Waals surface area (Å²) >= 11 is 6.21. The fraction of sp³-hybridized carbons (Fsp3) is 0.692. The number of alkyl halides is 1. The van der Waals surface area contributed by atoms with Gasteiger partial charge in [-0.1, -0.05) is 13.3 Å². The van der Waals surface area contributed by atoms with Crippen LogP contribution in [0.3, 0.4) is 0 Å². The number of nitrogens with one attached hydrogen (secondary N) is 1. The zero-order valence-corrected chi connectivity index (χ0v) is 11.1. The molecule has 0 saturated carbocycles. The molecular weight excluding hydrogens is 234 g/mol. The number of nitrogens with zero attached hydrogens (tertiary/aromatic N) is 2. The first-order valence-electron chi connectivity index (χ1n) is 6.52. The third-order valence-corrected chi connectivity index (χ3v) is 3.59. The lowest BCUT2D eigenvalue weighted by Crippen LogP contribution is -2.18. The Labute approximate surface area is 108 Å². The lowest BCUT2D eigenvalue weighted by atomic mass is 9.96. The van der Waals surface area contributed by atoms with Crippen LogP contribution in [0.4, 0.5) is 5.82 Å². The van der Waals surface area contributed by atoms with Crippen LogP contribution in [0.25, 0.3) is 0 Å². The third-order valence-electron chi connectivity index (χ3n) is 3.22. The molecule has 1 aliphatic carbocycles. The molecule has 1 aliphatic rings. The van der Waals surface area contributed by atoms with Crippen LogP contribution in [0.2, 0.25) is 0 Å². The molecule has 1 aromatic rings. The second kappa shape index (κ2) is 6.20. The highest BCUT2D eigenvalue weighted by Crippen LogP contribution is 2.24. The standard InChI is InChI=1S/C13H20ClN3/c1-2-5-10(14)8-15-13-11-6-3-4-7-12(11)16-9-17-13/h9-10H,2-8H2,1H3,(H,15,16,17). The molecule has 1 N–H and O–H groups in total. The topological polar surface area (TPSA) is 37.8 Å². The van der Waals surface area contributed by atoms with E-state index in [9.17, 15) is 0 Å². The minimum absolute atomic E-state index is 0.189. The highest BCUT2D eigenvalue weighted by Gasteiger charge is 2.15. The highest BCUT2D eigenvalue weighted by molar-refractivity contribution is 6.20. The third kappa shape index (κ3) is 3.32. The summed E-state index contributed by atoms with van der Waals surface area (Å²) in [5, 5.41) is 3.56. The van der Waals surface area contributed by atoms with Crippen LogP contribution in [0.15, 0.2) is 6.33 Å². The number of hydrogen-bond acceptors (Lipinski definition) is 3. The maximum Gasteiger partial charge on any atom is 0.132 e. The van der Waals surface area contributed by atoms with Gasteiger partial charge in [-0.15, -0.1) is 11.6 Å². The van der Waals surface area contributed by atoms with E-state index in [-0.39, 0.29) is 5.38 Å². The Balaban J connectivity index is 2.01. The molecule has 0 fully saturated rings. The molecule has 0 bridgehead atoms. The first-order valence-corrected chi connectivity index (χ1v) is 6.95. The van der Waals surface area contributed by atoms with Crippen molar-refractivity contribution in [3.8, 4) is 0 Å². The molecule has 2 rings (SSSR count). The predicted octanol–water partition coefficient (Wildman–Crippen LogP) is 3.17. The Morgan fingerprint density at radius 1 is 1.35 bits per heavy atom. The zero-order valence-electron chi connectivity index (χ0n) is 10.4. The Kier molecular flexibility index (Phi) is 4.60. The molecule has 0 aliphatic heterocycles. The summed E-state index contributed by atoms with van der Waals surface area (Å²) in [7, 11) is 0. The molecule has 1 atom stereocenters. The van der Waals surface area contributed by atoms with Crippen molar-refractivity contribution < 1.29 is 0 Å². The van der Waals surface area contributed by atoms with E-state index in [1.165, 1.54) is 24.1 Å². The van der Waals surface area contributed by atoms with Gasteiger partial charge in [0.15, 0.2) is 0 Å². The van der Waals surface area contributed by atoms with Crippen LogP contribution in [-0.4, -0.2) is 21.9 Å². The van der Waals surface area contributed by atoms with Gasteiger partial charge in [0.1, 0.15) is 12.1 Å². The summed E-state index contributed by atoms with van der Waals surface area (Å²) in [5.74, 6) is 0.997. The Bertz CT molecular complexity index is 368. The average molecular weight is 254 g/mol. The maximum atomic E-state index is 6.21. The van der Waals surface area contributed by atoms with E-state index in [4.69, 9.17) is 11.6 Å². The number of halogens is 1. The van der Waals surface area contributed by atoms with Crippen LogP contribution in [0, 0.1) is 0 Å². The van der Waals surface area contributed by atoms with Gasteiger partial charge in [-0.05, 0) is 32.1 Å². The van der Waals surface area contributed by atoms with Crippen LogP contribution in [0.5, 0.6) is 0 Å². The molecule has 3 nitrogen and oxygen atoms in total. The van der Waals surface area contributed by atoms with Gasteiger partial charge in [0.05, 0.1) is 5.38 Å². The molecule has 94 valence electrons. The smallest absolute Gasteiger partial charge is 0.132 e. The number of anilines is 1. The van der Waals surface area contributed by atoms with Gasteiger partial charge < -0.3 is 5.32 Å². The van der Waals surface area contributed by atoms with Crippen molar-refractivity contribution in [2.45, 2.75) is 50.8 Å². The quantitative estimate of drug-likeness (QED) is 0.819. The summed E-state index contributed by atoms with van der Waals surface area (Å²) in [5.41, 5.74) is 2.52. The van der Waals surface area contributed by atoms with E-state index < -0.39 is 0 Å². The zero-order chi connectivity index (χ0) is 12.1.